The van der Waals surface area contributed by atoms with Crippen LogP contribution in [0.2, 0.25) is 5.02 Å². The van der Waals surface area contributed by atoms with Gasteiger partial charge in [-0.05, 0) is 37.5 Å². The van der Waals surface area contributed by atoms with Crippen LogP contribution in [0.1, 0.15) is 25.7 Å². The number of aromatic nitrogens is 3. The number of nitrogens with zero attached hydrogens (tertiary/aromatic N) is 3. The molecule has 7 heteroatoms. The number of pyridine rings is 1. The van der Waals surface area contributed by atoms with E-state index in [4.69, 9.17) is 23.8 Å². The van der Waals surface area contributed by atoms with Gasteiger partial charge in [0, 0.05) is 32.3 Å². The molecule has 1 amide bonds. The van der Waals surface area contributed by atoms with Crippen molar-refractivity contribution in [2.45, 2.75) is 32.2 Å². The van der Waals surface area contributed by atoms with Crippen LogP contribution in [0.25, 0.3) is 11.2 Å². The van der Waals surface area contributed by atoms with E-state index in [9.17, 15) is 4.79 Å². The van der Waals surface area contributed by atoms with Crippen LogP contribution in [-0.2, 0) is 11.3 Å². The largest absolute Gasteiger partial charge is 0.343 e. The number of hydrogen-bond acceptors (Lipinski definition) is 3. The van der Waals surface area contributed by atoms with Crippen molar-refractivity contribution in [2.75, 3.05) is 13.1 Å². The Balaban J connectivity index is 1.74. The summed E-state index contributed by atoms with van der Waals surface area (Å²) >= 11 is 11.2. The number of H-pyrrole nitrogens is 1. The lowest BCUT2D eigenvalue weighted by molar-refractivity contribution is -0.132. The van der Waals surface area contributed by atoms with E-state index < -0.39 is 0 Å². The maximum Gasteiger partial charge on any atom is 0.224 e. The Morgan fingerprint density at radius 3 is 2.90 bits per heavy atom. The fourth-order valence-corrected chi connectivity index (χ4v) is 3.18. The zero-order chi connectivity index (χ0) is 14.8. The first-order valence-electron chi connectivity index (χ1n) is 7.17. The summed E-state index contributed by atoms with van der Waals surface area (Å²) in [6, 6.07) is 1.79. The van der Waals surface area contributed by atoms with Crippen LogP contribution in [0.5, 0.6) is 0 Å². The zero-order valence-electron chi connectivity index (χ0n) is 11.6. The van der Waals surface area contributed by atoms with E-state index >= 15 is 0 Å². The maximum atomic E-state index is 12.2. The summed E-state index contributed by atoms with van der Waals surface area (Å²) in [5, 5.41) is 0.565. The van der Waals surface area contributed by atoms with Crippen LogP contribution in [0.3, 0.4) is 0 Å². The number of imidazole rings is 1. The highest BCUT2D eigenvalue weighted by Gasteiger charge is 2.17. The van der Waals surface area contributed by atoms with E-state index in [1.807, 2.05) is 9.47 Å². The Labute approximate surface area is 132 Å². The predicted molar refractivity (Wildman–Crippen MR) is 85.0 cm³/mol. The fraction of sp³-hybridized carbons (Fsp3) is 0.500. The van der Waals surface area contributed by atoms with Gasteiger partial charge in [-0.1, -0.05) is 11.6 Å². The molecule has 1 N–H and O–H groups in total. The Morgan fingerprint density at radius 1 is 1.38 bits per heavy atom. The molecule has 1 aliphatic rings. The van der Waals surface area contributed by atoms with Crippen molar-refractivity contribution >= 4 is 40.9 Å². The number of halogens is 1. The topological polar surface area (TPSA) is 53.9 Å². The molecule has 0 spiro atoms. The number of aromatic amines is 1. The molecule has 0 aromatic carbocycles. The summed E-state index contributed by atoms with van der Waals surface area (Å²) in [6.45, 7) is 2.31. The molecule has 3 rings (SSSR count). The molecule has 112 valence electrons. The number of fused-ring (bicyclic) bond motifs is 1. The standard InChI is InChI=1S/C14H17ClN4OS/c15-10-8-11-13(16-9-10)19(14(21)17-11)7-4-12(20)18-5-2-1-3-6-18/h8-9H,1-7H2,(H,17,21). The molecule has 1 fully saturated rings. The third-order valence-electron chi connectivity index (χ3n) is 3.83. The number of carbonyl (C=O) groups excluding carboxylic acids is 1. The zero-order valence-corrected chi connectivity index (χ0v) is 13.2. The highest BCUT2D eigenvalue weighted by Crippen LogP contribution is 2.17. The lowest BCUT2D eigenvalue weighted by Gasteiger charge is -2.26. The number of aryl methyl sites for hydroxylation is 1. The quantitative estimate of drug-likeness (QED) is 0.882. The lowest BCUT2D eigenvalue weighted by atomic mass is 10.1. The monoisotopic (exact) mass is 324 g/mol. The lowest BCUT2D eigenvalue weighted by Crippen LogP contribution is -2.36. The van der Waals surface area contributed by atoms with Crippen molar-refractivity contribution < 1.29 is 4.79 Å². The Hall–Kier alpha value is -1.40. The fourth-order valence-electron chi connectivity index (χ4n) is 2.73. The number of likely N-dealkylation sites (tertiary alicyclic amines) is 1. The normalized spacial score (nSPS) is 15.6. The molecule has 1 aliphatic heterocycles. The van der Waals surface area contributed by atoms with Gasteiger partial charge >= 0.3 is 0 Å². The van der Waals surface area contributed by atoms with Crippen LogP contribution in [0, 0.1) is 4.77 Å². The second-order valence-electron chi connectivity index (χ2n) is 5.30. The van der Waals surface area contributed by atoms with Gasteiger partial charge in [0.2, 0.25) is 5.91 Å². The molecule has 0 bridgehead atoms. The molecular formula is C14H17ClN4OS. The number of hydrogen-bond donors (Lipinski definition) is 1. The third-order valence-corrected chi connectivity index (χ3v) is 4.36. The predicted octanol–water partition coefficient (Wildman–Crippen LogP) is 3.15. The highest BCUT2D eigenvalue weighted by molar-refractivity contribution is 7.71. The number of carbonyl (C=O) groups is 1. The Morgan fingerprint density at radius 2 is 2.14 bits per heavy atom. The average Bonchev–Trinajstić information content (AvgIpc) is 2.80. The summed E-state index contributed by atoms with van der Waals surface area (Å²) in [5.41, 5.74) is 1.55. The van der Waals surface area contributed by atoms with Gasteiger partial charge in [0.1, 0.15) is 0 Å². The number of nitrogens with one attached hydrogen (secondary N) is 1. The van der Waals surface area contributed by atoms with Gasteiger partial charge in [-0.2, -0.15) is 0 Å². The van der Waals surface area contributed by atoms with Crippen molar-refractivity contribution in [1.29, 1.82) is 0 Å². The van der Waals surface area contributed by atoms with Crippen LogP contribution < -0.4 is 0 Å². The minimum atomic E-state index is 0.194. The first-order valence-corrected chi connectivity index (χ1v) is 7.95. The maximum absolute atomic E-state index is 12.2. The van der Waals surface area contributed by atoms with E-state index in [-0.39, 0.29) is 5.91 Å². The van der Waals surface area contributed by atoms with Gasteiger partial charge in [-0.25, -0.2) is 4.98 Å². The van der Waals surface area contributed by atoms with E-state index in [0.717, 1.165) is 37.1 Å². The third kappa shape index (κ3) is 3.11. The van der Waals surface area contributed by atoms with Crippen molar-refractivity contribution in [2.24, 2.45) is 0 Å². The van der Waals surface area contributed by atoms with Crippen molar-refractivity contribution in [3.05, 3.63) is 22.1 Å². The van der Waals surface area contributed by atoms with E-state index in [0.29, 0.717) is 22.8 Å². The number of amides is 1. The second kappa shape index (κ2) is 6.15. The average molecular weight is 325 g/mol. The van der Waals surface area contributed by atoms with Gasteiger partial charge in [0.25, 0.3) is 0 Å². The molecule has 1 saturated heterocycles. The molecule has 0 saturated carbocycles. The first-order chi connectivity index (χ1) is 10.1. The summed E-state index contributed by atoms with van der Waals surface area (Å²) in [7, 11) is 0. The summed E-state index contributed by atoms with van der Waals surface area (Å²) < 4.78 is 2.44. The Bertz CT molecular complexity index is 717. The Kier molecular flexibility index (Phi) is 4.26. The molecule has 3 heterocycles. The molecule has 0 unspecified atom stereocenters. The second-order valence-corrected chi connectivity index (χ2v) is 6.12. The van der Waals surface area contributed by atoms with Gasteiger partial charge in [-0.3, -0.25) is 4.79 Å². The highest BCUT2D eigenvalue weighted by atomic mass is 35.5. The SMILES string of the molecule is O=C(CCn1c(=S)[nH]c2cc(Cl)cnc21)N1CCCCC1. The van der Waals surface area contributed by atoms with Crippen LogP contribution in [0.15, 0.2) is 12.3 Å². The molecule has 0 radical (unpaired) electrons. The molecule has 5 nitrogen and oxygen atoms in total. The molecule has 2 aromatic rings. The van der Waals surface area contributed by atoms with Crippen LogP contribution in [0.4, 0.5) is 0 Å². The van der Waals surface area contributed by atoms with Crippen molar-refractivity contribution in [3.63, 3.8) is 0 Å². The number of piperidine rings is 1. The van der Waals surface area contributed by atoms with Gasteiger partial charge in [-0.15, -0.1) is 0 Å². The van der Waals surface area contributed by atoms with E-state index in [1.54, 1.807) is 12.3 Å². The molecule has 2 aromatic heterocycles. The van der Waals surface area contributed by atoms with Crippen molar-refractivity contribution in [3.8, 4) is 0 Å². The minimum Gasteiger partial charge on any atom is -0.343 e. The number of rotatable bonds is 3. The summed E-state index contributed by atoms with van der Waals surface area (Å²) in [5.74, 6) is 0.194. The van der Waals surface area contributed by atoms with Gasteiger partial charge < -0.3 is 14.5 Å². The summed E-state index contributed by atoms with van der Waals surface area (Å²) in [4.78, 5) is 21.5. The molecular weight excluding hydrogens is 308 g/mol. The smallest absolute Gasteiger partial charge is 0.224 e. The van der Waals surface area contributed by atoms with Crippen LogP contribution >= 0.6 is 23.8 Å². The van der Waals surface area contributed by atoms with Crippen LogP contribution in [-0.4, -0.2) is 38.4 Å². The van der Waals surface area contributed by atoms with Gasteiger partial charge in [0.15, 0.2) is 10.4 Å². The van der Waals surface area contributed by atoms with E-state index in [2.05, 4.69) is 9.97 Å². The first kappa shape index (κ1) is 14.5. The van der Waals surface area contributed by atoms with Crippen molar-refractivity contribution in [1.82, 2.24) is 19.4 Å². The minimum absolute atomic E-state index is 0.194. The molecule has 21 heavy (non-hydrogen) atoms. The van der Waals surface area contributed by atoms with E-state index in [1.165, 1.54) is 6.42 Å². The summed E-state index contributed by atoms with van der Waals surface area (Å²) in [6.07, 6.45) is 5.49. The van der Waals surface area contributed by atoms with Gasteiger partial charge in [0.05, 0.1) is 10.5 Å². The molecule has 0 aliphatic carbocycles. The molecule has 0 atom stereocenters.